The van der Waals surface area contributed by atoms with Crippen molar-refractivity contribution in [2.75, 3.05) is 4.90 Å². The van der Waals surface area contributed by atoms with E-state index in [2.05, 4.69) is 13.0 Å². The minimum absolute atomic E-state index is 0.113. The first-order valence-corrected chi connectivity index (χ1v) is 11.2. The van der Waals surface area contributed by atoms with Crippen molar-refractivity contribution in [3.05, 3.63) is 81.8 Å². The van der Waals surface area contributed by atoms with E-state index in [4.69, 9.17) is 0 Å². The predicted octanol–water partition coefficient (Wildman–Crippen LogP) is 4.68. The second-order valence-corrected chi connectivity index (χ2v) is 8.21. The number of hydrogen-bond acceptors (Lipinski definition) is 4. The summed E-state index contributed by atoms with van der Waals surface area (Å²) in [6.07, 6.45) is 2.74. The van der Waals surface area contributed by atoms with E-state index < -0.39 is 5.56 Å². The summed E-state index contributed by atoms with van der Waals surface area (Å²) in [4.78, 5) is 40.0. The lowest BCUT2D eigenvalue weighted by atomic mass is 9.98. The molecule has 0 N–H and O–H groups in total. The Bertz CT molecular complexity index is 1330. The summed E-state index contributed by atoms with van der Waals surface area (Å²) in [5.74, 6) is -0.702. The number of aromatic nitrogens is 1. The number of pyridine rings is 1. The maximum absolute atomic E-state index is 13.9. The molecule has 6 heteroatoms. The smallest absolute Gasteiger partial charge is 0.279 e. The molecule has 3 aromatic rings. The van der Waals surface area contributed by atoms with Crippen molar-refractivity contribution in [1.82, 2.24) is 4.57 Å². The number of aryl methyl sites for hydroxylation is 2. The van der Waals surface area contributed by atoms with Gasteiger partial charge in [0.25, 0.3) is 5.56 Å². The van der Waals surface area contributed by atoms with Crippen LogP contribution in [0, 0.1) is 18.3 Å². The van der Waals surface area contributed by atoms with Crippen molar-refractivity contribution >= 4 is 17.5 Å². The summed E-state index contributed by atoms with van der Waals surface area (Å²) >= 11 is 0. The molecule has 0 radical (unpaired) electrons. The minimum atomic E-state index is -0.397. The molecule has 0 aliphatic carbocycles. The Labute approximate surface area is 192 Å². The average molecular weight is 440 g/mol. The van der Waals surface area contributed by atoms with Gasteiger partial charge in [-0.1, -0.05) is 49.7 Å². The maximum Gasteiger partial charge on any atom is 0.280 e. The van der Waals surface area contributed by atoms with Crippen molar-refractivity contribution < 1.29 is 9.59 Å². The number of nitrogens with zero attached hydrogens (tertiary/aromatic N) is 3. The van der Waals surface area contributed by atoms with Gasteiger partial charge in [-0.25, -0.2) is 4.90 Å². The number of carbonyl (C=O) groups excluding carboxylic acids is 2. The summed E-state index contributed by atoms with van der Waals surface area (Å²) in [6, 6.07) is 18.8. The molecule has 2 amide bonds. The third kappa shape index (κ3) is 3.98. The van der Waals surface area contributed by atoms with Crippen molar-refractivity contribution in [3.63, 3.8) is 0 Å². The van der Waals surface area contributed by atoms with Crippen LogP contribution < -0.4 is 10.5 Å². The van der Waals surface area contributed by atoms with Gasteiger partial charge >= 0.3 is 0 Å². The van der Waals surface area contributed by atoms with Gasteiger partial charge in [-0.15, -0.1) is 0 Å². The molecule has 4 rings (SSSR count). The van der Waals surface area contributed by atoms with Crippen molar-refractivity contribution in [2.45, 2.75) is 46.0 Å². The fourth-order valence-corrected chi connectivity index (χ4v) is 4.40. The van der Waals surface area contributed by atoms with Gasteiger partial charge in [-0.3, -0.25) is 19.0 Å². The third-order valence-corrected chi connectivity index (χ3v) is 5.99. The first-order valence-electron chi connectivity index (χ1n) is 11.2. The summed E-state index contributed by atoms with van der Waals surface area (Å²) in [5, 5.41) is 9.65. The van der Waals surface area contributed by atoms with Gasteiger partial charge in [-0.2, -0.15) is 5.26 Å². The van der Waals surface area contributed by atoms with E-state index in [0.29, 0.717) is 23.2 Å². The van der Waals surface area contributed by atoms with Crippen LogP contribution in [0.4, 0.5) is 5.69 Å². The molecule has 6 nitrogen and oxygen atoms in total. The Balaban J connectivity index is 2.03. The number of para-hydroxylation sites is 1. The van der Waals surface area contributed by atoms with Crippen LogP contribution in [-0.2, 0) is 16.0 Å². The second-order valence-electron chi connectivity index (χ2n) is 8.21. The Hall–Kier alpha value is -3.98. The largest absolute Gasteiger partial charge is 0.280 e. The fourth-order valence-electron chi connectivity index (χ4n) is 4.40. The highest BCUT2D eigenvalue weighted by Gasteiger charge is 2.34. The zero-order valence-electron chi connectivity index (χ0n) is 18.8. The molecular weight excluding hydrogens is 414 g/mol. The number of nitriles is 1. The van der Waals surface area contributed by atoms with E-state index in [9.17, 15) is 19.6 Å². The number of anilines is 1. The summed E-state index contributed by atoms with van der Waals surface area (Å²) in [7, 11) is 0. The zero-order valence-corrected chi connectivity index (χ0v) is 18.8. The Morgan fingerprint density at radius 2 is 1.58 bits per heavy atom. The van der Waals surface area contributed by atoms with E-state index in [1.807, 2.05) is 42.5 Å². The summed E-state index contributed by atoms with van der Waals surface area (Å²) in [6.45, 7) is 3.86. The highest BCUT2D eigenvalue weighted by atomic mass is 16.2. The van der Waals surface area contributed by atoms with Crippen LogP contribution in [0.3, 0.4) is 0 Å². The quantitative estimate of drug-likeness (QED) is 0.522. The van der Waals surface area contributed by atoms with Crippen LogP contribution in [-0.4, -0.2) is 16.4 Å². The average Bonchev–Trinajstić information content (AvgIpc) is 3.15. The van der Waals surface area contributed by atoms with Gasteiger partial charge in [0.05, 0.1) is 17.3 Å². The van der Waals surface area contributed by atoms with Crippen LogP contribution >= 0.6 is 0 Å². The van der Waals surface area contributed by atoms with Crippen LogP contribution in [0.2, 0.25) is 0 Å². The highest BCUT2D eigenvalue weighted by Crippen LogP contribution is 2.31. The number of imide groups is 1. The zero-order chi connectivity index (χ0) is 23.5. The van der Waals surface area contributed by atoms with Crippen molar-refractivity contribution in [1.29, 1.82) is 5.26 Å². The third-order valence-electron chi connectivity index (χ3n) is 5.99. The van der Waals surface area contributed by atoms with Crippen LogP contribution in [0.25, 0.3) is 16.8 Å². The number of unbranched alkanes of at least 4 members (excludes halogenated alkanes) is 1. The molecule has 1 fully saturated rings. The van der Waals surface area contributed by atoms with Crippen molar-refractivity contribution in [2.24, 2.45) is 0 Å². The fraction of sp³-hybridized carbons (Fsp3) is 0.259. The van der Waals surface area contributed by atoms with Crippen molar-refractivity contribution in [3.8, 4) is 22.9 Å². The molecule has 1 aliphatic heterocycles. The summed E-state index contributed by atoms with van der Waals surface area (Å²) < 4.78 is 1.61. The molecule has 1 aliphatic rings. The number of benzene rings is 2. The molecule has 2 heterocycles. The van der Waals surface area contributed by atoms with Crippen LogP contribution in [0.15, 0.2) is 59.4 Å². The molecule has 0 spiro atoms. The molecular formula is C27H25N3O3. The molecule has 1 saturated heterocycles. The topological polar surface area (TPSA) is 83.2 Å². The lowest BCUT2D eigenvalue weighted by Crippen LogP contribution is -2.37. The number of amides is 2. The number of rotatable bonds is 6. The van der Waals surface area contributed by atoms with E-state index in [1.165, 1.54) is 0 Å². The maximum atomic E-state index is 13.9. The first-order chi connectivity index (χ1) is 16.0. The Kier molecular flexibility index (Phi) is 6.23. The molecule has 2 aromatic carbocycles. The van der Waals surface area contributed by atoms with Crippen LogP contribution in [0.1, 0.15) is 49.4 Å². The van der Waals surface area contributed by atoms with E-state index in [0.717, 1.165) is 34.6 Å². The SMILES string of the molecule is CCCCc1cc(C)c(N2C(=O)CCC2=O)c(=O)n1-c1ccccc1-c1ccccc1C#N. The Morgan fingerprint density at radius 3 is 2.24 bits per heavy atom. The van der Waals surface area contributed by atoms with Gasteiger partial charge in [-0.05, 0) is 43.5 Å². The lowest BCUT2D eigenvalue weighted by Gasteiger charge is -2.22. The Morgan fingerprint density at radius 1 is 0.939 bits per heavy atom. The molecule has 0 bridgehead atoms. The van der Waals surface area contributed by atoms with E-state index in [-0.39, 0.29) is 30.3 Å². The minimum Gasteiger partial charge on any atom is -0.279 e. The predicted molar refractivity (Wildman–Crippen MR) is 127 cm³/mol. The molecule has 0 saturated carbocycles. The van der Waals surface area contributed by atoms with Gasteiger partial charge in [0.1, 0.15) is 5.69 Å². The highest BCUT2D eigenvalue weighted by molar-refractivity contribution is 6.20. The van der Waals surface area contributed by atoms with Gasteiger partial charge in [0.2, 0.25) is 11.8 Å². The van der Waals surface area contributed by atoms with Gasteiger partial charge < -0.3 is 0 Å². The normalized spacial score (nSPS) is 13.4. The number of carbonyl (C=O) groups is 2. The second kappa shape index (κ2) is 9.25. The molecule has 33 heavy (non-hydrogen) atoms. The first kappa shape index (κ1) is 22.2. The van der Waals surface area contributed by atoms with E-state index >= 15 is 0 Å². The standard InChI is InChI=1S/C27H25N3O3/c1-3-4-10-20-16-18(2)26(30-24(31)14-15-25(30)32)27(33)29(20)23-13-8-7-12-22(23)21-11-6-5-9-19(21)17-28/h5-9,11-13,16H,3-4,10,14-15H2,1-2H3. The van der Waals surface area contributed by atoms with Gasteiger partial charge in [0, 0.05) is 29.7 Å². The summed E-state index contributed by atoms with van der Waals surface area (Å²) in [5.41, 5.74) is 3.73. The van der Waals surface area contributed by atoms with Gasteiger partial charge in [0.15, 0.2) is 0 Å². The van der Waals surface area contributed by atoms with E-state index in [1.54, 1.807) is 23.6 Å². The molecule has 0 unspecified atom stereocenters. The molecule has 1 aromatic heterocycles. The monoisotopic (exact) mass is 439 g/mol. The lowest BCUT2D eigenvalue weighted by molar-refractivity contribution is -0.121. The van der Waals surface area contributed by atoms with Crippen LogP contribution in [0.5, 0.6) is 0 Å². The molecule has 0 atom stereocenters. The molecule has 166 valence electrons. The number of hydrogen-bond donors (Lipinski definition) is 0.